The zero-order valence-corrected chi connectivity index (χ0v) is 13.4. The fourth-order valence-corrected chi connectivity index (χ4v) is 3.86. The zero-order chi connectivity index (χ0) is 14.0. The van der Waals surface area contributed by atoms with E-state index in [1.54, 1.807) is 0 Å². The van der Waals surface area contributed by atoms with E-state index in [2.05, 4.69) is 9.80 Å². The van der Waals surface area contributed by atoms with E-state index in [4.69, 9.17) is 5.73 Å². The quantitative estimate of drug-likeness (QED) is 0.600. The van der Waals surface area contributed by atoms with E-state index in [1.807, 2.05) is 0 Å². The van der Waals surface area contributed by atoms with Crippen molar-refractivity contribution in [3.05, 3.63) is 0 Å². The second kappa shape index (κ2) is 9.75. The average molecular weight is 281 g/mol. The molecule has 0 amide bonds. The Hall–Kier alpha value is -0.120. The summed E-state index contributed by atoms with van der Waals surface area (Å²) in [5.74, 6) is 0. The molecule has 2 fully saturated rings. The van der Waals surface area contributed by atoms with E-state index >= 15 is 0 Å². The molecule has 1 aliphatic carbocycles. The molecule has 0 aromatic carbocycles. The lowest BCUT2D eigenvalue weighted by Crippen LogP contribution is -2.38. The van der Waals surface area contributed by atoms with E-state index in [1.165, 1.54) is 96.9 Å². The first-order valence-electron chi connectivity index (χ1n) is 9.06. The molecule has 1 aliphatic heterocycles. The zero-order valence-electron chi connectivity index (χ0n) is 13.4. The summed E-state index contributed by atoms with van der Waals surface area (Å²) in [4.78, 5) is 5.50. The van der Waals surface area contributed by atoms with Gasteiger partial charge in [0.1, 0.15) is 0 Å². The summed E-state index contributed by atoms with van der Waals surface area (Å²) >= 11 is 0. The summed E-state index contributed by atoms with van der Waals surface area (Å²) in [6.07, 6.45) is 14.0. The van der Waals surface area contributed by atoms with Gasteiger partial charge in [-0.05, 0) is 58.3 Å². The molecule has 0 aromatic rings. The third kappa shape index (κ3) is 5.71. The highest BCUT2D eigenvalue weighted by Crippen LogP contribution is 2.23. The van der Waals surface area contributed by atoms with Crippen LogP contribution in [0, 0.1) is 0 Å². The third-order valence-electron chi connectivity index (χ3n) is 5.14. The van der Waals surface area contributed by atoms with E-state index in [-0.39, 0.29) is 0 Å². The summed E-state index contributed by atoms with van der Waals surface area (Å²) in [5.41, 5.74) is 5.57. The molecule has 0 atom stereocenters. The summed E-state index contributed by atoms with van der Waals surface area (Å²) < 4.78 is 0. The molecule has 1 heterocycles. The third-order valence-corrected chi connectivity index (χ3v) is 5.14. The van der Waals surface area contributed by atoms with E-state index in [0.29, 0.717) is 0 Å². The Balaban J connectivity index is 1.68. The summed E-state index contributed by atoms with van der Waals surface area (Å²) in [6, 6.07) is 0.898. The second-order valence-corrected chi connectivity index (χ2v) is 6.73. The summed E-state index contributed by atoms with van der Waals surface area (Å²) in [6.45, 7) is 7.39. The predicted molar refractivity (Wildman–Crippen MR) is 87.0 cm³/mol. The molecule has 0 spiro atoms. The van der Waals surface area contributed by atoms with E-state index < -0.39 is 0 Å². The maximum absolute atomic E-state index is 5.57. The summed E-state index contributed by atoms with van der Waals surface area (Å²) in [5, 5.41) is 0. The second-order valence-electron chi connectivity index (χ2n) is 6.73. The van der Waals surface area contributed by atoms with Crippen molar-refractivity contribution in [1.29, 1.82) is 0 Å². The highest BCUT2D eigenvalue weighted by molar-refractivity contribution is 4.78. The van der Waals surface area contributed by atoms with Crippen LogP contribution in [-0.4, -0.2) is 55.1 Å². The SMILES string of the molecule is NCCCCCN1CCCN(C2CCCCCC2)CC1. The first-order valence-corrected chi connectivity index (χ1v) is 9.06. The molecule has 3 heteroatoms. The van der Waals surface area contributed by atoms with Crippen LogP contribution in [0.2, 0.25) is 0 Å². The van der Waals surface area contributed by atoms with Crippen molar-refractivity contribution in [3.63, 3.8) is 0 Å². The number of rotatable bonds is 6. The molecule has 0 radical (unpaired) electrons. The van der Waals surface area contributed by atoms with Gasteiger partial charge in [0, 0.05) is 19.1 Å². The molecular weight excluding hydrogens is 246 g/mol. The van der Waals surface area contributed by atoms with Crippen LogP contribution in [0.5, 0.6) is 0 Å². The van der Waals surface area contributed by atoms with Gasteiger partial charge in [-0.3, -0.25) is 4.90 Å². The van der Waals surface area contributed by atoms with Crippen molar-refractivity contribution in [1.82, 2.24) is 9.80 Å². The van der Waals surface area contributed by atoms with Gasteiger partial charge < -0.3 is 10.6 Å². The first-order chi connectivity index (χ1) is 9.90. The lowest BCUT2D eigenvalue weighted by Gasteiger charge is -2.30. The Kier molecular flexibility index (Phi) is 7.92. The van der Waals surface area contributed by atoms with Gasteiger partial charge in [0.25, 0.3) is 0 Å². The normalized spacial score (nSPS) is 24.4. The van der Waals surface area contributed by atoms with Gasteiger partial charge in [-0.25, -0.2) is 0 Å². The number of unbranched alkanes of at least 4 members (excludes halogenated alkanes) is 2. The number of hydrogen-bond donors (Lipinski definition) is 1. The van der Waals surface area contributed by atoms with Crippen molar-refractivity contribution in [3.8, 4) is 0 Å². The van der Waals surface area contributed by atoms with Crippen LogP contribution in [-0.2, 0) is 0 Å². The molecule has 118 valence electrons. The highest BCUT2D eigenvalue weighted by Gasteiger charge is 2.22. The maximum atomic E-state index is 5.57. The van der Waals surface area contributed by atoms with Crippen LogP contribution in [0.1, 0.15) is 64.2 Å². The first kappa shape index (κ1) is 16.3. The molecule has 0 bridgehead atoms. The highest BCUT2D eigenvalue weighted by atomic mass is 15.2. The lowest BCUT2D eigenvalue weighted by atomic mass is 10.1. The van der Waals surface area contributed by atoms with Crippen molar-refractivity contribution < 1.29 is 0 Å². The number of nitrogens with two attached hydrogens (primary N) is 1. The van der Waals surface area contributed by atoms with Crippen LogP contribution >= 0.6 is 0 Å². The summed E-state index contributed by atoms with van der Waals surface area (Å²) in [7, 11) is 0. The van der Waals surface area contributed by atoms with Crippen LogP contribution in [0.3, 0.4) is 0 Å². The van der Waals surface area contributed by atoms with Crippen LogP contribution in [0.25, 0.3) is 0 Å². The van der Waals surface area contributed by atoms with Gasteiger partial charge in [0.2, 0.25) is 0 Å². The topological polar surface area (TPSA) is 32.5 Å². The van der Waals surface area contributed by atoms with Crippen molar-refractivity contribution in [2.24, 2.45) is 5.73 Å². The largest absolute Gasteiger partial charge is 0.330 e. The minimum atomic E-state index is 0.857. The van der Waals surface area contributed by atoms with Gasteiger partial charge in [0.05, 0.1) is 0 Å². The van der Waals surface area contributed by atoms with Crippen molar-refractivity contribution >= 4 is 0 Å². The lowest BCUT2D eigenvalue weighted by molar-refractivity contribution is 0.181. The Morgan fingerprint density at radius 1 is 0.750 bits per heavy atom. The van der Waals surface area contributed by atoms with Crippen LogP contribution in [0.4, 0.5) is 0 Å². The maximum Gasteiger partial charge on any atom is 0.0112 e. The fourth-order valence-electron chi connectivity index (χ4n) is 3.86. The van der Waals surface area contributed by atoms with Gasteiger partial charge in [-0.15, -0.1) is 0 Å². The predicted octanol–water partition coefficient (Wildman–Crippen LogP) is 2.85. The smallest absolute Gasteiger partial charge is 0.0112 e. The van der Waals surface area contributed by atoms with Gasteiger partial charge >= 0.3 is 0 Å². The minimum Gasteiger partial charge on any atom is -0.330 e. The number of hydrogen-bond acceptors (Lipinski definition) is 3. The van der Waals surface area contributed by atoms with Gasteiger partial charge in [-0.1, -0.05) is 32.1 Å². The molecule has 0 unspecified atom stereocenters. The van der Waals surface area contributed by atoms with Crippen molar-refractivity contribution in [2.45, 2.75) is 70.3 Å². The van der Waals surface area contributed by atoms with E-state index in [0.717, 1.165) is 12.6 Å². The number of nitrogens with zero attached hydrogens (tertiary/aromatic N) is 2. The molecule has 3 nitrogen and oxygen atoms in total. The fraction of sp³-hybridized carbons (Fsp3) is 1.00. The Bertz CT molecular complexity index is 236. The van der Waals surface area contributed by atoms with Crippen LogP contribution in [0.15, 0.2) is 0 Å². The van der Waals surface area contributed by atoms with Crippen LogP contribution < -0.4 is 5.73 Å². The Morgan fingerprint density at radius 3 is 2.30 bits per heavy atom. The molecule has 1 saturated carbocycles. The molecular formula is C17H35N3. The van der Waals surface area contributed by atoms with Gasteiger partial charge in [0.15, 0.2) is 0 Å². The minimum absolute atomic E-state index is 0.857. The molecule has 2 aliphatic rings. The molecule has 0 aromatic heterocycles. The Labute approximate surface area is 125 Å². The molecule has 1 saturated heterocycles. The van der Waals surface area contributed by atoms with Crippen molar-refractivity contribution in [2.75, 3.05) is 39.3 Å². The van der Waals surface area contributed by atoms with Gasteiger partial charge in [-0.2, -0.15) is 0 Å². The Morgan fingerprint density at radius 2 is 1.55 bits per heavy atom. The average Bonchev–Trinajstić information content (AvgIpc) is 2.86. The monoisotopic (exact) mass is 281 g/mol. The molecule has 2 N–H and O–H groups in total. The van der Waals surface area contributed by atoms with E-state index in [9.17, 15) is 0 Å². The molecule has 20 heavy (non-hydrogen) atoms. The molecule has 2 rings (SSSR count). The standard InChI is InChI=1S/C17H35N3/c18-11-6-3-7-12-19-13-8-14-20(16-15-19)17-9-4-1-2-5-10-17/h17H,1-16,18H2.